The number of benzene rings is 2. The third kappa shape index (κ3) is 3.64. The molecule has 0 amide bonds. The largest absolute Gasteiger partial charge is 0.344 e. The fourth-order valence-electron chi connectivity index (χ4n) is 3.62. The Balaban J connectivity index is 1.36. The van der Waals surface area contributed by atoms with Crippen LogP contribution in [0.25, 0.3) is 11.4 Å². The van der Waals surface area contributed by atoms with E-state index in [1.807, 2.05) is 36.5 Å². The molecule has 25 heavy (non-hydrogen) atoms. The molecule has 2 heterocycles. The third-order valence-corrected chi connectivity index (χ3v) is 5.00. The SMILES string of the molecule is Fc1ccccc1C1CCN(Cc2c[nH]c(-c3ccccc3)n2)CC1. The van der Waals surface area contributed by atoms with Gasteiger partial charge in [0.2, 0.25) is 0 Å². The number of nitrogens with zero attached hydrogens (tertiary/aromatic N) is 2. The number of hydrogen-bond acceptors (Lipinski definition) is 2. The maximum Gasteiger partial charge on any atom is 0.137 e. The van der Waals surface area contributed by atoms with E-state index in [9.17, 15) is 4.39 Å². The van der Waals surface area contributed by atoms with E-state index >= 15 is 0 Å². The second kappa shape index (κ2) is 7.19. The first kappa shape index (κ1) is 16.0. The molecule has 0 radical (unpaired) electrons. The minimum atomic E-state index is -0.0687. The van der Waals surface area contributed by atoms with E-state index in [4.69, 9.17) is 4.98 Å². The number of rotatable bonds is 4. The van der Waals surface area contributed by atoms with Crippen LogP contribution >= 0.6 is 0 Å². The van der Waals surface area contributed by atoms with E-state index in [1.54, 1.807) is 12.1 Å². The fourth-order valence-corrected chi connectivity index (χ4v) is 3.62. The molecule has 4 rings (SSSR count). The molecule has 1 aliphatic heterocycles. The van der Waals surface area contributed by atoms with Gasteiger partial charge in [0.15, 0.2) is 0 Å². The fraction of sp³-hybridized carbons (Fsp3) is 0.286. The lowest BCUT2D eigenvalue weighted by Gasteiger charge is -2.31. The van der Waals surface area contributed by atoms with Crippen LogP contribution in [-0.4, -0.2) is 28.0 Å². The average molecular weight is 335 g/mol. The maximum absolute atomic E-state index is 14.0. The lowest BCUT2D eigenvalue weighted by molar-refractivity contribution is 0.201. The summed E-state index contributed by atoms with van der Waals surface area (Å²) in [5, 5.41) is 0. The van der Waals surface area contributed by atoms with E-state index in [0.29, 0.717) is 5.92 Å². The van der Waals surface area contributed by atoms with E-state index < -0.39 is 0 Å². The lowest BCUT2D eigenvalue weighted by atomic mass is 9.89. The van der Waals surface area contributed by atoms with Crippen molar-refractivity contribution >= 4 is 0 Å². The number of aromatic amines is 1. The predicted octanol–water partition coefficient (Wildman–Crippen LogP) is 4.60. The number of imidazole rings is 1. The Kier molecular flexibility index (Phi) is 4.61. The molecule has 1 fully saturated rings. The number of likely N-dealkylation sites (tertiary alicyclic amines) is 1. The highest BCUT2D eigenvalue weighted by molar-refractivity contribution is 5.54. The molecule has 1 aromatic heterocycles. The summed E-state index contributed by atoms with van der Waals surface area (Å²) in [5.41, 5.74) is 3.03. The van der Waals surface area contributed by atoms with Crippen LogP contribution in [0.4, 0.5) is 4.39 Å². The van der Waals surface area contributed by atoms with Crippen molar-refractivity contribution in [1.82, 2.24) is 14.9 Å². The molecule has 2 aromatic carbocycles. The van der Waals surface area contributed by atoms with Gasteiger partial charge in [-0.05, 0) is 43.5 Å². The first-order chi connectivity index (χ1) is 12.3. The molecule has 0 aliphatic carbocycles. The molecule has 0 saturated carbocycles. The molecule has 1 N–H and O–H groups in total. The van der Waals surface area contributed by atoms with Crippen LogP contribution in [0.5, 0.6) is 0 Å². The Labute approximate surface area is 147 Å². The lowest BCUT2D eigenvalue weighted by Crippen LogP contribution is -2.32. The number of piperidine rings is 1. The summed E-state index contributed by atoms with van der Waals surface area (Å²) in [5.74, 6) is 1.18. The third-order valence-electron chi connectivity index (χ3n) is 5.00. The zero-order valence-corrected chi connectivity index (χ0v) is 14.2. The van der Waals surface area contributed by atoms with E-state index in [1.165, 1.54) is 0 Å². The monoisotopic (exact) mass is 335 g/mol. The highest BCUT2D eigenvalue weighted by atomic mass is 19.1. The summed E-state index contributed by atoms with van der Waals surface area (Å²) < 4.78 is 14.0. The Morgan fingerprint density at radius 1 is 1.00 bits per heavy atom. The van der Waals surface area contributed by atoms with Gasteiger partial charge in [0.1, 0.15) is 11.6 Å². The molecule has 3 nitrogen and oxygen atoms in total. The van der Waals surface area contributed by atoms with Crippen molar-refractivity contribution in [3.8, 4) is 11.4 Å². The summed E-state index contributed by atoms with van der Waals surface area (Å²) >= 11 is 0. The second-order valence-corrected chi connectivity index (χ2v) is 6.68. The maximum atomic E-state index is 14.0. The van der Waals surface area contributed by atoms with Gasteiger partial charge in [-0.1, -0.05) is 48.5 Å². The Hall–Kier alpha value is -2.46. The molecule has 0 spiro atoms. The Morgan fingerprint density at radius 3 is 2.48 bits per heavy atom. The van der Waals surface area contributed by atoms with Gasteiger partial charge in [0.25, 0.3) is 0 Å². The number of halogens is 1. The summed E-state index contributed by atoms with van der Waals surface area (Å²) in [7, 11) is 0. The van der Waals surface area contributed by atoms with Gasteiger partial charge in [0, 0.05) is 18.3 Å². The molecular weight excluding hydrogens is 313 g/mol. The van der Waals surface area contributed by atoms with Crippen LogP contribution in [0.3, 0.4) is 0 Å². The van der Waals surface area contributed by atoms with Crippen molar-refractivity contribution < 1.29 is 4.39 Å². The minimum absolute atomic E-state index is 0.0687. The Morgan fingerprint density at radius 2 is 1.72 bits per heavy atom. The second-order valence-electron chi connectivity index (χ2n) is 6.68. The van der Waals surface area contributed by atoms with Gasteiger partial charge < -0.3 is 4.98 Å². The smallest absolute Gasteiger partial charge is 0.137 e. The van der Waals surface area contributed by atoms with Crippen LogP contribution in [0.2, 0.25) is 0 Å². The van der Waals surface area contributed by atoms with Crippen LogP contribution < -0.4 is 0 Å². The molecule has 4 heteroatoms. The summed E-state index contributed by atoms with van der Waals surface area (Å²) in [6.07, 6.45) is 3.99. The normalized spacial score (nSPS) is 16.2. The van der Waals surface area contributed by atoms with Crippen molar-refractivity contribution in [2.45, 2.75) is 25.3 Å². The highest BCUT2D eigenvalue weighted by Crippen LogP contribution is 2.30. The molecule has 0 unspecified atom stereocenters. The standard InChI is InChI=1S/C21H22FN3/c22-20-9-5-4-8-19(20)16-10-12-25(13-11-16)15-18-14-23-21(24-18)17-6-2-1-3-7-17/h1-9,14,16H,10-13,15H2,(H,23,24). The number of H-pyrrole nitrogens is 1. The quantitative estimate of drug-likeness (QED) is 0.756. The van der Waals surface area contributed by atoms with Gasteiger partial charge in [0.05, 0.1) is 5.69 Å². The summed E-state index contributed by atoms with van der Waals surface area (Å²) in [6, 6.07) is 17.3. The number of nitrogens with one attached hydrogen (secondary N) is 1. The van der Waals surface area contributed by atoms with Gasteiger partial charge in [-0.15, -0.1) is 0 Å². The zero-order valence-electron chi connectivity index (χ0n) is 14.2. The highest BCUT2D eigenvalue weighted by Gasteiger charge is 2.23. The first-order valence-electron chi connectivity index (χ1n) is 8.86. The molecule has 1 aliphatic rings. The van der Waals surface area contributed by atoms with Crippen LogP contribution in [0.15, 0.2) is 60.8 Å². The predicted molar refractivity (Wildman–Crippen MR) is 97.7 cm³/mol. The first-order valence-corrected chi connectivity index (χ1v) is 8.86. The van der Waals surface area contributed by atoms with Gasteiger partial charge >= 0.3 is 0 Å². The van der Waals surface area contributed by atoms with E-state index in [0.717, 1.165) is 55.1 Å². The van der Waals surface area contributed by atoms with Gasteiger partial charge in [-0.25, -0.2) is 9.37 Å². The van der Waals surface area contributed by atoms with Crippen molar-refractivity contribution in [2.75, 3.05) is 13.1 Å². The zero-order chi connectivity index (χ0) is 17.1. The molecule has 1 saturated heterocycles. The summed E-state index contributed by atoms with van der Waals surface area (Å²) in [4.78, 5) is 10.4. The summed E-state index contributed by atoms with van der Waals surface area (Å²) in [6.45, 7) is 2.80. The van der Waals surface area contributed by atoms with Crippen LogP contribution in [-0.2, 0) is 6.54 Å². The van der Waals surface area contributed by atoms with Crippen LogP contribution in [0, 0.1) is 5.82 Å². The Bertz CT molecular complexity index is 820. The van der Waals surface area contributed by atoms with Crippen molar-refractivity contribution in [3.63, 3.8) is 0 Å². The average Bonchev–Trinajstić information content (AvgIpc) is 3.12. The molecule has 0 atom stereocenters. The molecule has 0 bridgehead atoms. The van der Waals surface area contributed by atoms with Gasteiger partial charge in [-0.3, -0.25) is 4.90 Å². The number of aromatic nitrogens is 2. The molecule has 128 valence electrons. The van der Waals surface area contributed by atoms with E-state index in [2.05, 4.69) is 22.0 Å². The van der Waals surface area contributed by atoms with E-state index in [-0.39, 0.29) is 5.82 Å². The number of hydrogen-bond donors (Lipinski definition) is 1. The van der Waals surface area contributed by atoms with Crippen molar-refractivity contribution in [1.29, 1.82) is 0 Å². The van der Waals surface area contributed by atoms with Crippen LogP contribution in [0.1, 0.15) is 30.0 Å². The minimum Gasteiger partial charge on any atom is -0.344 e. The van der Waals surface area contributed by atoms with Gasteiger partial charge in [-0.2, -0.15) is 0 Å². The molecular formula is C21H22FN3. The van der Waals surface area contributed by atoms with Crippen molar-refractivity contribution in [2.24, 2.45) is 0 Å². The topological polar surface area (TPSA) is 31.9 Å². The molecule has 3 aromatic rings. The van der Waals surface area contributed by atoms with Crippen molar-refractivity contribution in [3.05, 3.63) is 77.9 Å².